The number of anilines is 1. The summed E-state index contributed by atoms with van der Waals surface area (Å²) in [5.74, 6) is 0.392. The van der Waals surface area contributed by atoms with Crippen LogP contribution in [0, 0.1) is 5.92 Å². The van der Waals surface area contributed by atoms with Crippen LogP contribution >= 0.6 is 27.7 Å². The topological polar surface area (TPSA) is 49.4 Å². The molecule has 1 aliphatic rings. The van der Waals surface area contributed by atoms with Crippen molar-refractivity contribution in [1.29, 1.82) is 0 Å². The first-order chi connectivity index (χ1) is 11.9. The highest BCUT2D eigenvalue weighted by atomic mass is 79.9. The zero-order valence-corrected chi connectivity index (χ0v) is 16.4. The zero-order chi connectivity index (χ0) is 18.0. The van der Waals surface area contributed by atoms with Crippen molar-refractivity contribution in [1.82, 2.24) is 4.90 Å². The first-order valence-electron chi connectivity index (χ1n) is 7.99. The molecule has 0 aromatic heterocycles. The van der Waals surface area contributed by atoms with E-state index in [0.717, 1.165) is 21.5 Å². The number of thioether (sulfide) groups is 1. The predicted molar refractivity (Wildman–Crippen MR) is 105 cm³/mol. The van der Waals surface area contributed by atoms with Crippen LogP contribution < -0.4 is 5.32 Å². The van der Waals surface area contributed by atoms with Crippen molar-refractivity contribution in [2.75, 3.05) is 19.4 Å². The lowest BCUT2D eigenvalue weighted by Gasteiger charge is -2.10. The Hall–Kier alpha value is -1.79. The van der Waals surface area contributed by atoms with Crippen molar-refractivity contribution in [3.05, 3.63) is 58.6 Å². The molecule has 25 heavy (non-hydrogen) atoms. The molecule has 4 nitrogen and oxygen atoms in total. The second-order valence-corrected chi connectivity index (χ2v) is 8.22. The molecule has 1 N–H and O–H groups in total. The molecule has 2 unspecified atom stereocenters. The molecule has 2 aromatic carbocycles. The van der Waals surface area contributed by atoms with Crippen molar-refractivity contribution in [3.8, 4) is 0 Å². The molecule has 1 saturated carbocycles. The molecule has 0 spiro atoms. The highest BCUT2D eigenvalue weighted by molar-refractivity contribution is 9.10. The molecule has 2 aromatic rings. The third kappa shape index (κ3) is 4.64. The molecule has 1 fully saturated rings. The fourth-order valence-corrected chi connectivity index (χ4v) is 3.52. The number of nitrogens with zero attached hydrogens (tertiary/aromatic N) is 1. The minimum atomic E-state index is -0.0212. The number of halogens is 1. The number of hydrogen-bond acceptors (Lipinski definition) is 3. The van der Waals surface area contributed by atoms with Crippen LogP contribution in [-0.4, -0.2) is 30.1 Å². The van der Waals surface area contributed by atoms with E-state index >= 15 is 0 Å². The first-order valence-corrected chi connectivity index (χ1v) is 9.60. The van der Waals surface area contributed by atoms with Gasteiger partial charge in [-0.25, -0.2) is 0 Å². The van der Waals surface area contributed by atoms with E-state index < -0.39 is 0 Å². The lowest BCUT2D eigenvalue weighted by molar-refractivity contribution is -0.117. The number of nitrogens with one attached hydrogen (secondary N) is 1. The summed E-state index contributed by atoms with van der Waals surface area (Å²) in [6.07, 6.45) is 0.888. The number of amides is 2. The van der Waals surface area contributed by atoms with Gasteiger partial charge in [-0.05, 0) is 66.1 Å². The molecular formula is C19H19BrN2O2S. The van der Waals surface area contributed by atoms with Crippen molar-refractivity contribution >= 4 is 44.5 Å². The quantitative estimate of drug-likeness (QED) is 0.713. The van der Waals surface area contributed by atoms with E-state index in [4.69, 9.17) is 0 Å². The molecule has 6 heteroatoms. The summed E-state index contributed by atoms with van der Waals surface area (Å²) < 4.78 is 1.05. The van der Waals surface area contributed by atoms with E-state index in [1.807, 2.05) is 36.4 Å². The Bertz CT molecular complexity index is 775. The van der Waals surface area contributed by atoms with E-state index in [-0.39, 0.29) is 17.1 Å². The van der Waals surface area contributed by atoms with E-state index in [0.29, 0.717) is 5.92 Å². The van der Waals surface area contributed by atoms with E-state index in [2.05, 4.69) is 33.4 Å². The summed E-state index contributed by atoms with van der Waals surface area (Å²) in [6.45, 7) is 0. The summed E-state index contributed by atoms with van der Waals surface area (Å²) in [5.41, 5.74) is 1.96. The number of hydrogen-bond donors (Lipinski definition) is 1. The number of benzene rings is 2. The van der Waals surface area contributed by atoms with E-state index in [9.17, 15) is 9.59 Å². The van der Waals surface area contributed by atoms with Crippen molar-refractivity contribution in [3.63, 3.8) is 0 Å². The van der Waals surface area contributed by atoms with Gasteiger partial charge >= 0.3 is 0 Å². The van der Waals surface area contributed by atoms with Gasteiger partial charge in [-0.3, -0.25) is 9.59 Å². The van der Waals surface area contributed by atoms with Crippen LogP contribution in [0.15, 0.2) is 57.9 Å². The highest BCUT2D eigenvalue weighted by Gasteiger charge is 2.43. The van der Waals surface area contributed by atoms with Crippen LogP contribution in [0.5, 0.6) is 0 Å². The van der Waals surface area contributed by atoms with E-state index in [1.54, 1.807) is 14.1 Å². The fraction of sp³-hybridized carbons (Fsp3) is 0.263. The van der Waals surface area contributed by atoms with Gasteiger partial charge in [-0.1, -0.05) is 28.1 Å². The monoisotopic (exact) mass is 418 g/mol. The fourth-order valence-electron chi connectivity index (χ4n) is 2.60. The smallest absolute Gasteiger partial charge is 0.285 e. The normalized spacial score (nSPS) is 18.5. The van der Waals surface area contributed by atoms with Crippen LogP contribution in [0.2, 0.25) is 0 Å². The van der Waals surface area contributed by atoms with Gasteiger partial charge in [-0.15, -0.1) is 0 Å². The summed E-state index contributed by atoms with van der Waals surface area (Å²) in [4.78, 5) is 26.5. The van der Waals surface area contributed by atoms with Crippen molar-refractivity contribution < 1.29 is 9.59 Å². The van der Waals surface area contributed by atoms with Crippen LogP contribution in [0.25, 0.3) is 0 Å². The van der Waals surface area contributed by atoms with Gasteiger partial charge in [0.25, 0.3) is 5.24 Å². The van der Waals surface area contributed by atoms with Gasteiger partial charge in [0.15, 0.2) is 0 Å². The maximum absolute atomic E-state index is 12.4. The Kier molecular flexibility index (Phi) is 5.49. The second-order valence-electron chi connectivity index (χ2n) is 6.28. The Balaban J connectivity index is 1.55. The molecule has 0 saturated heterocycles. The van der Waals surface area contributed by atoms with Gasteiger partial charge in [0.05, 0.1) is 0 Å². The third-order valence-electron chi connectivity index (χ3n) is 4.12. The second kappa shape index (κ2) is 7.62. The molecule has 2 atom stereocenters. The average molecular weight is 419 g/mol. The van der Waals surface area contributed by atoms with E-state index in [1.165, 1.54) is 22.2 Å². The van der Waals surface area contributed by atoms with Crippen LogP contribution in [0.3, 0.4) is 0 Å². The standard InChI is InChI=1S/C19H19BrN2O2S/c1-22(2)19(24)25-15-9-7-14(8-10-15)21-18(23)17-11-16(17)12-3-5-13(20)6-4-12/h3-10,16-17H,11H2,1-2H3,(H,21,23). The summed E-state index contributed by atoms with van der Waals surface area (Å²) in [5, 5.41) is 2.94. The Morgan fingerprint density at radius 3 is 2.32 bits per heavy atom. The maximum Gasteiger partial charge on any atom is 0.285 e. The number of carbonyl (C=O) groups excluding carboxylic acids is 2. The van der Waals surface area contributed by atoms with Gasteiger partial charge in [-0.2, -0.15) is 0 Å². The summed E-state index contributed by atoms with van der Waals surface area (Å²) >= 11 is 4.59. The van der Waals surface area contributed by atoms with Crippen molar-refractivity contribution in [2.24, 2.45) is 5.92 Å². The Labute approximate surface area is 160 Å². The molecule has 0 aliphatic heterocycles. The van der Waals surface area contributed by atoms with Crippen molar-refractivity contribution in [2.45, 2.75) is 17.2 Å². The molecule has 3 rings (SSSR count). The molecule has 130 valence electrons. The highest BCUT2D eigenvalue weighted by Crippen LogP contribution is 2.48. The minimum Gasteiger partial charge on any atom is -0.339 e. The molecule has 1 aliphatic carbocycles. The minimum absolute atomic E-state index is 0.0212. The average Bonchev–Trinajstić information content (AvgIpc) is 3.38. The van der Waals surface area contributed by atoms with Crippen LogP contribution in [0.1, 0.15) is 17.9 Å². The molecule has 0 bridgehead atoms. The van der Waals surface area contributed by atoms with Crippen LogP contribution in [0.4, 0.5) is 10.5 Å². The van der Waals surface area contributed by atoms with Gasteiger partial charge in [0.1, 0.15) is 0 Å². The van der Waals surface area contributed by atoms with Crippen LogP contribution in [-0.2, 0) is 4.79 Å². The molecular weight excluding hydrogens is 400 g/mol. The number of rotatable bonds is 4. The molecule has 2 amide bonds. The lowest BCUT2D eigenvalue weighted by atomic mass is 10.1. The first kappa shape index (κ1) is 18.0. The lowest BCUT2D eigenvalue weighted by Crippen LogP contribution is -2.16. The Morgan fingerprint density at radius 1 is 1.08 bits per heavy atom. The van der Waals surface area contributed by atoms with Gasteiger partial charge in [0, 0.05) is 35.1 Å². The molecule has 0 heterocycles. The van der Waals surface area contributed by atoms with Gasteiger partial charge in [0.2, 0.25) is 5.91 Å². The maximum atomic E-state index is 12.4. The summed E-state index contributed by atoms with van der Waals surface area (Å²) in [7, 11) is 3.45. The number of carbonyl (C=O) groups is 2. The largest absolute Gasteiger partial charge is 0.339 e. The predicted octanol–water partition coefficient (Wildman–Crippen LogP) is 4.97. The Morgan fingerprint density at radius 2 is 1.72 bits per heavy atom. The third-order valence-corrected chi connectivity index (χ3v) is 5.69. The SMILES string of the molecule is CN(C)C(=O)Sc1ccc(NC(=O)C2CC2c2ccc(Br)cc2)cc1. The molecule has 0 radical (unpaired) electrons. The van der Waals surface area contributed by atoms with Gasteiger partial charge < -0.3 is 10.2 Å². The summed E-state index contributed by atoms with van der Waals surface area (Å²) in [6, 6.07) is 15.5. The zero-order valence-electron chi connectivity index (χ0n) is 14.0.